The maximum Gasteiger partial charge on any atom is 0.403 e. The molecular formula is C9H13F3N2O. The zero-order valence-corrected chi connectivity index (χ0v) is 8.40. The molecule has 15 heavy (non-hydrogen) atoms. The minimum Gasteiger partial charge on any atom is -0.350 e. The van der Waals surface area contributed by atoms with Gasteiger partial charge in [0.25, 0.3) is 0 Å². The Balaban J connectivity index is 1.91. The third-order valence-electron chi connectivity index (χ3n) is 3.13. The highest BCUT2D eigenvalue weighted by Gasteiger charge is 2.68. The van der Waals surface area contributed by atoms with Gasteiger partial charge in [0.2, 0.25) is 5.91 Å². The van der Waals surface area contributed by atoms with Gasteiger partial charge in [-0.05, 0) is 19.9 Å². The molecule has 6 heteroatoms. The van der Waals surface area contributed by atoms with Crippen LogP contribution in [0.1, 0.15) is 12.8 Å². The maximum atomic E-state index is 12.5. The van der Waals surface area contributed by atoms with Crippen molar-refractivity contribution in [1.82, 2.24) is 10.2 Å². The molecule has 0 aromatic carbocycles. The van der Waals surface area contributed by atoms with Crippen molar-refractivity contribution in [1.29, 1.82) is 0 Å². The lowest BCUT2D eigenvalue weighted by molar-refractivity contribution is -0.193. The summed E-state index contributed by atoms with van der Waals surface area (Å²) in [7, 11) is 1.86. The lowest BCUT2D eigenvalue weighted by Gasteiger charge is -2.37. The highest BCUT2D eigenvalue weighted by Crippen LogP contribution is 2.57. The van der Waals surface area contributed by atoms with E-state index in [1.807, 2.05) is 11.9 Å². The quantitative estimate of drug-likeness (QED) is 0.748. The summed E-state index contributed by atoms with van der Waals surface area (Å²) in [6.45, 7) is 1.28. The first-order chi connectivity index (χ1) is 6.85. The van der Waals surface area contributed by atoms with Crippen LogP contribution in [0.15, 0.2) is 0 Å². The van der Waals surface area contributed by atoms with Gasteiger partial charge in [-0.3, -0.25) is 4.79 Å². The number of alkyl halides is 3. The number of carbonyl (C=O) groups excluding carboxylic acids is 1. The Hall–Kier alpha value is -0.780. The van der Waals surface area contributed by atoms with E-state index in [1.54, 1.807) is 0 Å². The van der Waals surface area contributed by atoms with Crippen LogP contribution in [0, 0.1) is 5.41 Å². The Bertz CT molecular complexity index is 280. The molecule has 0 radical (unpaired) electrons. The summed E-state index contributed by atoms with van der Waals surface area (Å²) >= 11 is 0. The first-order valence-electron chi connectivity index (χ1n) is 4.91. The molecule has 1 heterocycles. The second kappa shape index (κ2) is 3.10. The van der Waals surface area contributed by atoms with Gasteiger partial charge in [0.05, 0.1) is 6.04 Å². The topological polar surface area (TPSA) is 32.3 Å². The van der Waals surface area contributed by atoms with E-state index in [0.29, 0.717) is 13.1 Å². The van der Waals surface area contributed by atoms with Gasteiger partial charge in [0.1, 0.15) is 5.41 Å². The van der Waals surface area contributed by atoms with E-state index in [9.17, 15) is 18.0 Å². The van der Waals surface area contributed by atoms with Gasteiger partial charge in [0.15, 0.2) is 0 Å². The van der Waals surface area contributed by atoms with Crippen molar-refractivity contribution in [2.75, 3.05) is 20.1 Å². The van der Waals surface area contributed by atoms with Gasteiger partial charge in [-0.1, -0.05) is 0 Å². The molecule has 1 aliphatic carbocycles. The fraction of sp³-hybridized carbons (Fsp3) is 0.889. The molecule has 0 aromatic rings. The first kappa shape index (κ1) is 10.7. The van der Waals surface area contributed by atoms with Crippen LogP contribution in [0.4, 0.5) is 13.2 Å². The van der Waals surface area contributed by atoms with Gasteiger partial charge in [-0.25, -0.2) is 0 Å². The summed E-state index contributed by atoms with van der Waals surface area (Å²) in [5.74, 6) is -0.840. The Kier molecular flexibility index (Phi) is 2.22. The predicted molar refractivity (Wildman–Crippen MR) is 47.1 cm³/mol. The third kappa shape index (κ3) is 1.71. The highest BCUT2D eigenvalue weighted by molar-refractivity contribution is 5.86. The predicted octanol–water partition coefficient (Wildman–Crippen LogP) is 0.759. The molecule has 1 saturated carbocycles. The molecule has 0 bridgehead atoms. The molecule has 2 fully saturated rings. The van der Waals surface area contributed by atoms with Crippen molar-refractivity contribution >= 4 is 5.91 Å². The number of hydrogen-bond acceptors (Lipinski definition) is 2. The number of carbonyl (C=O) groups is 1. The SMILES string of the molecule is CN1CC(NC(=O)C2(C(F)(F)F)CC2)C1. The van der Waals surface area contributed by atoms with Crippen molar-refractivity contribution < 1.29 is 18.0 Å². The zero-order chi connectivity index (χ0) is 11.3. The minimum atomic E-state index is -4.40. The van der Waals surface area contributed by atoms with Gasteiger partial charge in [-0.15, -0.1) is 0 Å². The molecular weight excluding hydrogens is 209 g/mol. The van der Waals surface area contributed by atoms with Crippen LogP contribution in [0.2, 0.25) is 0 Å². The first-order valence-corrected chi connectivity index (χ1v) is 4.91. The van der Waals surface area contributed by atoms with E-state index in [2.05, 4.69) is 5.32 Å². The average molecular weight is 222 g/mol. The Labute approximate surface area is 85.6 Å². The fourth-order valence-corrected chi connectivity index (χ4v) is 1.88. The summed E-state index contributed by atoms with van der Waals surface area (Å²) in [5.41, 5.74) is -2.07. The van der Waals surface area contributed by atoms with E-state index < -0.39 is 17.5 Å². The van der Waals surface area contributed by atoms with Crippen molar-refractivity contribution in [3.63, 3.8) is 0 Å². The van der Waals surface area contributed by atoms with Crippen molar-refractivity contribution in [2.45, 2.75) is 25.1 Å². The van der Waals surface area contributed by atoms with E-state index in [1.165, 1.54) is 0 Å². The molecule has 1 saturated heterocycles. The normalized spacial score (nSPS) is 25.9. The number of likely N-dealkylation sites (tertiary alicyclic amines) is 1. The van der Waals surface area contributed by atoms with E-state index in [0.717, 1.165) is 0 Å². The number of nitrogens with one attached hydrogen (secondary N) is 1. The van der Waals surface area contributed by atoms with Gasteiger partial charge >= 0.3 is 6.18 Å². The lowest BCUT2D eigenvalue weighted by atomic mass is 10.0. The minimum absolute atomic E-state index is 0.0646. The molecule has 0 atom stereocenters. The van der Waals surface area contributed by atoms with Gasteiger partial charge < -0.3 is 10.2 Å². The smallest absolute Gasteiger partial charge is 0.350 e. The number of likely N-dealkylation sites (N-methyl/N-ethyl adjacent to an activating group) is 1. The average Bonchev–Trinajstić information content (AvgIpc) is 2.78. The number of amides is 1. The number of hydrogen-bond donors (Lipinski definition) is 1. The molecule has 2 aliphatic rings. The second-order valence-electron chi connectivity index (χ2n) is 4.47. The standard InChI is InChI=1S/C9H13F3N2O/c1-14-4-6(5-14)13-7(15)8(2-3-8)9(10,11)12/h6H,2-5H2,1H3,(H,13,15). The van der Waals surface area contributed by atoms with Crippen LogP contribution in [0.25, 0.3) is 0 Å². The largest absolute Gasteiger partial charge is 0.403 e. The van der Waals surface area contributed by atoms with Crippen LogP contribution in [0.5, 0.6) is 0 Å². The molecule has 2 rings (SSSR count). The van der Waals surface area contributed by atoms with E-state index in [4.69, 9.17) is 0 Å². The second-order valence-corrected chi connectivity index (χ2v) is 4.47. The molecule has 86 valence electrons. The Morgan fingerprint density at radius 3 is 2.27 bits per heavy atom. The summed E-state index contributed by atoms with van der Waals surface area (Å²) < 4.78 is 37.6. The molecule has 1 aliphatic heterocycles. The molecule has 1 amide bonds. The molecule has 3 nitrogen and oxygen atoms in total. The van der Waals surface area contributed by atoms with Crippen LogP contribution in [-0.4, -0.2) is 43.2 Å². The van der Waals surface area contributed by atoms with Crippen molar-refractivity contribution in [2.24, 2.45) is 5.41 Å². The number of nitrogens with zero attached hydrogens (tertiary/aromatic N) is 1. The van der Waals surface area contributed by atoms with Crippen LogP contribution in [-0.2, 0) is 4.79 Å². The number of rotatable bonds is 2. The lowest BCUT2D eigenvalue weighted by Crippen LogP contribution is -2.59. The monoisotopic (exact) mass is 222 g/mol. The van der Waals surface area contributed by atoms with Gasteiger partial charge in [0, 0.05) is 13.1 Å². The van der Waals surface area contributed by atoms with Crippen LogP contribution in [0.3, 0.4) is 0 Å². The Morgan fingerprint density at radius 2 is 1.93 bits per heavy atom. The zero-order valence-electron chi connectivity index (χ0n) is 8.40. The summed E-state index contributed by atoms with van der Waals surface area (Å²) in [5, 5.41) is 2.46. The van der Waals surface area contributed by atoms with E-state index in [-0.39, 0.29) is 18.9 Å². The highest BCUT2D eigenvalue weighted by atomic mass is 19.4. The molecule has 0 unspecified atom stereocenters. The Morgan fingerprint density at radius 1 is 1.40 bits per heavy atom. The van der Waals surface area contributed by atoms with Crippen molar-refractivity contribution in [3.05, 3.63) is 0 Å². The summed E-state index contributed by atoms with van der Waals surface area (Å²) in [4.78, 5) is 13.4. The summed E-state index contributed by atoms with van der Waals surface area (Å²) in [6.07, 6.45) is -4.53. The van der Waals surface area contributed by atoms with E-state index >= 15 is 0 Å². The van der Waals surface area contributed by atoms with Crippen molar-refractivity contribution in [3.8, 4) is 0 Å². The summed E-state index contributed by atoms with van der Waals surface area (Å²) in [6, 6.07) is -0.109. The molecule has 0 spiro atoms. The molecule has 1 N–H and O–H groups in total. The maximum absolute atomic E-state index is 12.5. The number of halogens is 3. The van der Waals surface area contributed by atoms with Crippen LogP contribution < -0.4 is 5.32 Å². The fourth-order valence-electron chi connectivity index (χ4n) is 1.88. The molecule has 0 aromatic heterocycles. The third-order valence-corrected chi connectivity index (χ3v) is 3.13. The van der Waals surface area contributed by atoms with Gasteiger partial charge in [-0.2, -0.15) is 13.2 Å². The van der Waals surface area contributed by atoms with Crippen LogP contribution >= 0.6 is 0 Å².